The largest absolute Gasteiger partial charge is 0.463 e. The number of carbonyl (C=O) groups is 2. The van der Waals surface area contributed by atoms with Crippen molar-refractivity contribution >= 4 is 17.4 Å². The smallest absolute Gasteiger partial charge is 0.376 e. The summed E-state index contributed by atoms with van der Waals surface area (Å²) in [4.78, 5) is 22.7. The Morgan fingerprint density at radius 2 is 2.29 bits per heavy atom. The fourth-order valence-corrected chi connectivity index (χ4v) is 1.83. The van der Waals surface area contributed by atoms with Gasteiger partial charge in [-0.15, -0.1) is 0 Å². The number of hydrogen-bond acceptors (Lipinski definition) is 5. The lowest BCUT2D eigenvalue weighted by Gasteiger charge is -2.07. The van der Waals surface area contributed by atoms with Crippen LogP contribution in [0.15, 0.2) is 18.2 Å². The van der Waals surface area contributed by atoms with Crippen LogP contribution in [-0.2, 0) is 20.7 Å². The van der Waals surface area contributed by atoms with Crippen LogP contribution in [0, 0.1) is 11.3 Å². The van der Waals surface area contributed by atoms with Gasteiger partial charge in [-0.05, 0) is 23.8 Å². The van der Waals surface area contributed by atoms with E-state index in [-0.39, 0.29) is 0 Å². The third-order valence-electron chi connectivity index (χ3n) is 2.69. The van der Waals surface area contributed by atoms with Crippen molar-refractivity contribution in [2.24, 2.45) is 0 Å². The van der Waals surface area contributed by atoms with Gasteiger partial charge < -0.3 is 10.1 Å². The zero-order chi connectivity index (χ0) is 12.4. The molecule has 1 aromatic rings. The molecule has 5 heteroatoms. The summed E-state index contributed by atoms with van der Waals surface area (Å²) in [5.41, 5.74) is 2.19. The number of benzene rings is 1. The molecule has 0 saturated carbocycles. The van der Waals surface area contributed by atoms with Crippen LogP contribution in [0.1, 0.15) is 11.1 Å². The van der Waals surface area contributed by atoms with E-state index >= 15 is 0 Å². The van der Waals surface area contributed by atoms with Crippen LogP contribution in [-0.4, -0.2) is 24.9 Å². The molecule has 0 amide bonds. The Hall–Kier alpha value is -2.35. The van der Waals surface area contributed by atoms with Gasteiger partial charge in [0.2, 0.25) is 0 Å². The van der Waals surface area contributed by atoms with Gasteiger partial charge in [0.15, 0.2) is 0 Å². The molecule has 1 atom stereocenters. The quantitative estimate of drug-likeness (QED) is 0.595. The first-order chi connectivity index (χ1) is 8.15. The number of Topliss-reactive ketones (excluding diaryl/α,β-unsaturated/α-hetero) is 1. The van der Waals surface area contributed by atoms with E-state index in [0.717, 1.165) is 11.3 Å². The number of rotatable bonds is 2. The summed E-state index contributed by atoms with van der Waals surface area (Å²) < 4.78 is 4.39. The van der Waals surface area contributed by atoms with E-state index in [2.05, 4.69) is 10.1 Å². The third kappa shape index (κ3) is 1.97. The Kier molecular flexibility index (Phi) is 2.79. The number of fused-ring (bicyclic) bond motifs is 1. The van der Waals surface area contributed by atoms with Crippen molar-refractivity contribution in [1.29, 1.82) is 5.26 Å². The van der Waals surface area contributed by atoms with E-state index in [1.165, 1.54) is 7.11 Å². The van der Waals surface area contributed by atoms with Gasteiger partial charge in [0, 0.05) is 12.1 Å². The predicted octanol–water partition coefficient (Wildman–Crippen LogP) is 0.637. The Balaban J connectivity index is 2.19. The Bertz CT molecular complexity index is 531. The highest BCUT2D eigenvalue weighted by Crippen LogP contribution is 2.27. The minimum atomic E-state index is -0.851. The Morgan fingerprint density at radius 1 is 1.53 bits per heavy atom. The van der Waals surface area contributed by atoms with Crippen molar-refractivity contribution in [3.63, 3.8) is 0 Å². The van der Waals surface area contributed by atoms with E-state index in [1.54, 1.807) is 18.2 Å². The molecule has 1 N–H and O–H groups in total. The molecule has 0 bridgehead atoms. The van der Waals surface area contributed by atoms with E-state index in [1.807, 2.05) is 6.07 Å². The van der Waals surface area contributed by atoms with Crippen LogP contribution < -0.4 is 5.32 Å². The summed E-state index contributed by atoms with van der Waals surface area (Å²) in [7, 11) is 1.18. The lowest BCUT2D eigenvalue weighted by Crippen LogP contribution is -2.34. The molecule has 1 aliphatic rings. The van der Waals surface area contributed by atoms with Gasteiger partial charge in [-0.1, -0.05) is 0 Å². The molecule has 5 nitrogen and oxygen atoms in total. The number of carbonyl (C=O) groups excluding carboxylic acids is 2. The van der Waals surface area contributed by atoms with Gasteiger partial charge in [-0.2, -0.15) is 5.26 Å². The summed E-state index contributed by atoms with van der Waals surface area (Å²) in [6.07, 6.45) is 0.402. The number of esters is 1. The molecule has 1 unspecified atom stereocenters. The monoisotopic (exact) mass is 230 g/mol. The highest BCUT2D eigenvalue weighted by molar-refractivity contribution is 6.36. The van der Waals surface area contributed by atoms with Crippen LogP contribution in [0.4, 0.5) is 5.69 Å². The van der Waals surface area contributed by atoms with Crippen LogP contribution in [0.2, 0.25) is 0 Å². The second-order valence-electron chi connectivity index (χ2n) is 3.74. The van der Waals surface area contributed by atoms with Gasteiger partial charge in [0.25, 0.3) is 5.78 Å². The van der Waals surface area contributed by atoms with Crippen LogP contribution in [0.25, 0.3) is 0 Å². The summed E-state index contributed by atoms with van der Waals surface area (Å²) >= 11 is 0. The molecule has 0 aliphatic carbocycles. The zero-order valence-corrected chi connectivity index (χ0v) is 9.19. The first-order valence-corrected chi connectivity index (χ1v) is 5.07. The zero-order valence-electron chi connectivity index (χ0n) is 9.19. The lowest BCUT2D eigenvalue weighted by atomic mass is 10.1. The van der Waals surface area contributed by atoms with Crippen molar-refractivity contribution in [2.75, 3.05) is 12.4 Å². The highest BCUT2D eigenvalue weighted by atomic mass is 16.5. The highest BCUT2D eigenvalue weighted by Gasteiger charge is 2.31. The SMILES string of the molecule is COC(=O)C(=O)C1Cc2cc(C#N)ccc2N1. The molecule has 2 rings (SSSR count). The van der Waals surface area contributed by atoms with E-state index in [0.29, 0.717) is 12.0 Å². The van der Waals surface area contributed by atoms with Gasteiger partial charge in [-0.25, -0.2) is 4.79 Å². The number of nitrogens with zero attached hydrogens (tertiary/aromatic N) is 1. The molecule has 0 fully saturated rings. The maximum atomic E-state index is 11.6. The minimum absolute atomic E-state index is 0.402. The molecule has 0 saturated heterocycles. The molecule has 86 valence electrons. The topological polar surface area (TPSA) is 79.2 Å². The van der Waals surface area contributed by atoms with Crippen molar-refractivity contribution in [3.8, 4) is 6.07 Å². The summed E-state index contributed by atoms with van der Waals surface area (Å²) in [6, 6.07) is 6.55. The summed E-state index contributed by atoms with van der Waals surface area (Å²) in [5.74, 6) is -1.45. The summed E-state index contributed by atoms with van der Waals surface area (Å²) in [6.45, 7) is 0. The van der Waals surface area contributed by atoms with E-state index < -0.39 is 17.8 Å². The first-order valence-electron chi connectivity index (χ1n) is 5.07. The lowest BCUT2D eigenvalue weighted by molar-refractivity contribution is -0.151. The van der Waals surface area contributed by atoms with Crippen LogP contribution in [0.5, 0.6) is 0 Å². The first kappa shape index (κ1) is 11.1. The standard InChI is InChI=1S/C12H10N2O3/c1-17-12(16)11(15)10-5-8-4-7(6-13)2-3-9(8)14-10/h2-4,10,14H,5H2,1H3. The van der Waals surface area contributed by atoms with Crippen molar-refractivity contribution in [3.05, 3.63) is 29.3 Å². The second-order valence-corrected chi connectivity index (χ2v) is 3.74. The van der Waals surface area contributed by atoms with Crippen LogP contribution in [0.3, 0.4) is 0 Å². The minimum Gasteiger partial charge on any atom is -0.463 e. The number of nitrogens with one attached hydrogen (secondary N) is 1. The summed E-state index contributed by atoms with van der Waals surface area (Å²) in [5, 5.41) is 11.7. The van der Waals surface area contributed by atoms with Gasteiger partial charge in [0.05, 0.1) is 18.7 Å². The predicted molar refractivity (Wildman–Crippen MR) is 59.3 cm³/mol. The van der Waals surface area contributed by atoms with E-state index in [4.69, 9.17) is 5.26 Å². The molecular formula is C12H10N2O3. The normalized spacial score (nSPS) is 16.6. The average molecular weight is 230 g/mol. The van der Waals surface area contributed by atoms with E-state index in [9.17, 15) is 9.59 Å². The fraction of sp³-hybridized carbons (Fsp3) is 0.250. The molecule has 1 heterocycles. The average Bonchev–Trinajstić information content (AvgIpc) is 2.79. The molecule has 0 radical (unpaired) electrons. The maximum Gasteiger partial charge on any atom is 0.376 e. The molecular weight excluding hydrogens is 220 g/mol. The number of nitriles is 1. The second kappa shape index (κ2) is 4.26. The molecule has 1 aromatic carbocycles. The number of methoxy groups -OCH3 is 1. The third-order valence-corrected chi connectivity index (χ3v) is 2.69. The number of ether oxygens (including phenoxy) is 1. The molecule has 0 aromatic heterocycles. The van der Waals surface area contributed by atoms with Gasteiger partial charge in [0.1, 0.15) is 6.04 Å². The Labute approximate surface area is 98.0 Å². The number of anilines is 1. The number of ketones is 1. The van der Waals surface area contributed by atoms with Gasteiger partial charge in [-0.3, -0.25) is 4.79 Å². The van der Waals surface area contributed by atoms with Crippen molar-refractivity contribution < 1.29 is 14.3 Å². The van der Waals surface area contributed by atoms with Gasteiger partial charge >= 0.3 is 5.97 Å². The number of hydrogen-bond donors (Lipinski definition) is 1. The Morgan fingerprint density at radius 3 is 2.94 bits per heavy atom. The molecule has 0 spiro atoms. The van der Waals surface area contributed by atoms with Crippen molar-refractivity contribution in [2.45, 2.75) is 12.5 Å². The molecule has 17 heavy (non-hydrogen) atoms. The molecule has 1 aliphatic heterocycles. The fourth-order valence-electron chi connectivity index (χ4n) is 1.83. The van der Waals surface area contributed by atoms with Crippen molar-refractivity contribution in [1.82, 2.24) is 0 Å². The maximum absolute atomic E-state index is 11.6. The van der Waals surface area contributed by atoms with Crippen LogP contribution >= 0.6 is 0 Å².